The van der Waals surface area contributed by atoms with E-state index in [4.69, 9.17) is 5.11 Å². The molecule has 84 valence electrons. The molecule has 0 saturated carbocycles. The molecular weight excluding hydrogens is 204 g/mol. The van der Waals surface area contributed by atoms with Gasteiger partial charge in [0.2, 0.25) is 0 Å². The van der Waals surface area contributed by atoms with Gasteiger partial charge in [-0.2, -0.15) is 0 Å². The molecule has 0 aliphatic carbocycles. The molecule has 0 aliphatic rings. The summed E-state index contributed by atoms with van der Waals surface area (Å²) in [5, 5.41) is 8.96. The van der Waals surface area contributed by atoms with E-state index in [0.717, 1.165) is 12.2 Å². The van der Waals surface area contributed by atoms with Gasteiger partial charge in [0.25, 0.3) is 0 Å². The Morgan fingerprint density at radius 3 is 2.40 bits per heavy atom. The number of aliphatic hydroxyl groups excluding tert-OH is 1. The van der Waals surface area contributed by atoms with Gasteiger partial charge in [-0.25, -0.2) is 0 Å². The van der Waals surface area contributed by atoms with Crippen LogP contribution in [0.5, 0.6) is 0 Å². The molecule has 0 aromatic heterocycles. The van der Waals surface area contributed by atoms with Gasteiger partial charge in [-0.05, 0) is 30.4 Å². The summed E-state index contributed by atoms with van der Waals surface area (Å²) in [6, 6.07) is 10.5. The van der Waals surface area contributed by atoms with E-state index in [2.05, 4.69) is 38.1 Å². The van der Waals surface area contributed by atoms with Crippen LogP contribution in [0.25, 0.3) is 0 Å². The molecule has 0 heterocycles. The van der Waals surface area contributed by atoms with Crippen molar-refractivity contribution in [3.63, 3.8) is 0 Å². The van der Waals surface area contributed by atoms with Crippen LogP contribution < -0.4 is 0 Å². The summed E-state index contributed by atoms with van der Waals surface area (Å²) in [5.41, 5.74) is 0. The minimum Gasteiger partial charge on any atom is -0.396 e. The molecule has 0 unspecified atom stereocenters. The van der Waals surface area contributed by atoms with Gasteiger partial charge in [0.1, 0.15) is 0 Å². The summed E-state index contributed by atoms with van der Waals surface area (Å²) in [6.45, 7) is 4.66. The average molecular weight is 224 g/mol. The summed E-state index contributed by atoms with van der Waals surface area (Å²) in [7, 11) is 0. The normalized spacial score (nSPS) is 14.9. The molecule has 0 amide bonds. The van der Waals surface area contributed by atoms with Crippen molar-refractivity contribution in [3.8, 4) is 0 Å². The Labute approximate surface area is 96.9 Å². The van der Waals surface area contributed by atoms with Crippen LogP contribution >= 0.6 is 11.8 Å². The zero-order chi connectivity index (χ0) is 11.1. The second-order valence-electron chi connectivity index (χ2n) is 4.25. The third-order valence-electron chi connectivity index (χ3n) is 2.39. The van der Waals surface area contributed by atoms with E-state index in [-0.39, 0.29) is 0 Å². The molecule has 0 saturated heterocycles. The molecular formula is C13H20OS. The minimum absolute atomic E-state index is 0.306. The molecule has 2 heteroatoms. The Morgan fingerprint density at radius 1 is 1.13 bits per heavy atom. The van der Waals surface area contributed by atoms with E-state index in [0.29, 0.717) is 18.4 Å². The van der Waals surface area contributed by atoms with E-state index < -0.39 is 0 Å². The summed E-state index contributed by atoms with van der Waals surface area (Å²) >= 11 is 1.90. The van der Waals surface area contributed by atoms with Crippen molar-refractivity contribution in [2.75, 3.05) is 12.4 Å². The minimum atomic E-state index is 0.306. The number of benzene rings is 1. The molecule has 0 fully saturated rings. The van der Waals surface area contributed by atoms with E-state index >= 15 is 0 Å². The van der Waals surface area contributed by atoms with Crippen molar-refractivity contribution in [2.45, 2.75) is 25.2 Å². The standard InChI is InChI=1S/C13H20OS/c1-11(9-14)8-12(2)10-15-13-6-4-3-5-7-13/h3-7,11-12,14H,8-10H2,1-2H3/t11-,12+/m0/s1. The fraction of sp³-hybridized carbons (Fsp3) is 0.538. The van der Waals surface area contributed by atoms with Gasteiger partial charge in [0, 0.05) is 17.3 Å². The first-order chi connectivity index (χ1) is 7.22. The monoisotopic (exact) mass is 224 g/mol. The lowest BCUT2D eigenvalue weighted by Gasteiger charge is -2.14. The maximum atomic E-state index is 8.96. The molecule has 0 bridgehead atoms. The smallest absolute Gasteiger partial charge is 0.0456 e. The number of hydrogen-bond donors (Lipinski definition) is 1. The van der Waals surface area contributed by atoms with Crippen molar-refractivity contribution in [2.24, 2.45) is 11.8 Å². The second-order valence-corrected chi connectivity index (χ2v) is 5.35. The van der Waals surface area contributed by atoms with Crippen molar-refractivity contribution < 1.29 is 5.11 Å². The van der Waals surface area contributed by atoms with Crippen LogP contribution in [0.15, 0.2) is 35.2 Å². The van der Waals surface area contributed by atoms with Crippen LogP contribution in [0, 0.1) is 11.8 Å². The van der Waals surface area contributed by atoms with Crippen LogP contribution in [0.2, 0.25) is 0 Å². The Bertz CT molecular complexity index is 260. The lowest BCUT2D eigenvalue weighted by atomic mass is 10.00. The number of thioether (sulfide) groups is 1. The highest BCUT2D eigenvalue weighted by molar-refractivity contribution is 7.99. The highest BCUT2D eigenvalue weighted by atomic mass is 32.2. The predicted molar refractivity (Wildman–Crippen MR) is 67.2 cm³/mol. The Kier molecular flexibility index (Phi) is 5.81. The van der Waals surface area contributed by atoms with Crippen molar-refractivity contribution in [1.29, 1.82) is 0 Å². The van der Waals surface area contributed by atoms with Gasteiger partial charge >= 0.3 is 0 Å². The maximum absolute atomic E-state index is 8.96. The molecule has 1 aromatic carbocycles. The van der Waals surface area contributed by atoms with Gasteiger partial charge in [-0.1, -0.05) is 32.0 Å². The van der Waals surface area contributed by atoms with Crippen molar-refractivity contribution in [1.82, 2.24) is 0 Å². The third-order valence-corrected chi connectivity index (χ3v) is 3.74. The number of rotatable bonds is 6. The molecule has 15 heavy (non-hydrogen) atoms. The molecule has 1 rings (SSSR count). The largest absolute Gasteiger partial charge is 0.396 e. The van der Waals surface area contributed by atoms with E-state index in [1.165, 1.54) is 4.90 Å². The molecule has 2 atom stereocenters. The van der Waals surface area contributed by atoms with Crippen molar-refractivity contribution in [3.05, 3.63) is 30.3 Å². The fourth-order valence-corrected chi connectivity index (χ4v) is 2.55. The molecule has 0 radical (unpaired) electrons. The molecule has 0 aliphatic heterocycles. The highest BCUT2D eigenvalue weighted by Crippen LogP contribution is 2.23. The Morgan fingerprint density at radius 2 is 1.80 bits per heavy atom. The summed E-state index contributed by atoms with van der Waals surface area (Å²) in [5.74, 6) is 2.22. The van der Waals surface area contributed by atoms with Gasteiger partial charge in [-0.15, -0.1) is 11.8 Å². The lowest BCUT2D eigenvalue weighted by Crippen LogP contribution is -2.08. The van der Waals surface area contributed by atoms with E-state index in [1.807, 2.05) is 17.8 Å². The van der Waals surface area contributed by atoms with Crippen LogP contribution in [0.3, 0.4) is 0 Å². The Hall–Kier alpha value is -0.470. The topological polar surface area (TPSA) is 20.2 Å². The van der Waals surface area contributed by atoms with Crippen LogP contribution in [0.4, 0.5) is 0 Å². The summed E-state index contributed by atoms with van der Waals surface area (Å²) < 4.78 is 0. The van der Waals surface area contributed by atoms with Crippen LogP contribution in [-0.4, -0.2) is 17.5 Å². The quantitative estimate of drug-likeness (QED) is 0.747. The number of aliphatic hydroxyl groups is 1. The SMILES string of the molecule is C[C@H](CO)C[C@@H](C)CSc1ccccc1. The number of hydrogen-bond acceptors (Lipinski definition) is 2. The fourth-order valence-electron chi connectivity index (χ4n) is 1.58. The van der Waals surface area contributed by atoms with Gasteiger partial charge in [-0.3, -0.25) is 0 Å². The van der Waals surface area contributed by atoms with Gasteiger partial charge < -0.3 is 5.11 Å². The lowest BCUT2D eigenvalue weighted by molar-refractivity contribution is 0.219. The average Bonchev–Trinajstić information content (AvgIpc) is 2.27. The van der Waals surface area contributed by atoms with E-state index in [9.17, 15) is 0 Å². The van der Waals surface area contributed by atoms with Crippen LogP contribution in [-0.2, 0) is 0 Å². The van der Waals surface area contributed by atoms with Gasteiger partial charge in [0.15, 0.2) is 0 Å². The van der Waals surface area contributed by atoms with Crippen LogP contribution in [0.1, 0.15) is 20.3 Å². The maximum Gasteiger partial charge on any atom is 0.0456 e. The molecule has 1 aromatic rings. The first-order valence-electron chi connectivity index (χ1n) is 5.51. The summed E-state index contributed by atoms with van der Waals surface area (Å²) in [4.78, 5) is 1.33. The highest BCUT2D eigenvalue weighted by Gasteiger charge is 2.08. The zero-order valence-corrected chi connectivity index (χ0v) is 10.3. The second kappa shape index (κ2) is 6.91. The summed E-state index contributed by atoms with van der Waals surface area (Å²) in [6.07, 6.45) is 1.11. The zero-order valence-electron chi connectivity index (χ0n) is 9.52. The molecule has 1 nitrogen and oxygen atoms in total. The molecule has 0 spiro atoms. The Balaban J connectivity index is 2.25. The van der Waals surface area contributed by atoms with E-state index in [1.54, 1.807) is 0 Å². The first-order valence-corrected chi connectivity index (χ1v) is 6.49. The van der Waals surface area contributed by atoms with Gasteiger partial charge in [0.05, 0.1) is 0 Å². The first kappa shape index (κ1) is 12.6. The molecule has 1 N–H and O–H groups in total. The van der Waals surface area contributed by atoms with Crippen molar-refractivity contribution >= 4 is 11.8 Å². The third kappa shape index (κ3) is 5.24. The predicted octanol–water partition coefficient (Wildman–Crippen LogP) is 3.43.